The molecular formula is C21H22N6O2. The van der Waals surface area contributed by atoms with E-state index >= 15 is 0 Å². The molecule has 8 heteroatoms. The number of pyridine rings is 1. The van der Waals surface area contributed by atoms with Crippen molar-refractivity contribution < 1.29 is 4.42 Å². The summed E-state index contributed by atoms with van der Waals surface area (Å²) >= 11 is 0. The fourth-order valence-corrected chi connectivity index (χ4v) is 3.92. The van der Waals surface area contributed by atoms with Crippen LogP contribution in [-0.2, 0) is 0 Å². The lowest BCUT2D eigenvalue weighted by Gasteiger charge is -2.32. The van der Waals surface area contributed by atoms with Gasteiger partial charge in [0.25, 0.3) is 0 Å². The van der Waals surface area contributed by atoms with Crippen LogP contribution in [0.5, 0.6) is 0 Å². The maximum atomic E-state index is 12.7. The summed E-state index contributed by atoms with van der Waals surface area (Å²) < 4.78 is 7.47. The molecule has 8 nitrogen and oxygen atoms in total. The lowest BCUT2D eigenvalue weighted by molar-refractivity contribution is 0.481. The van der Waals surface area contributed by atoms with E-state index < -0.39 is 5.63 Å². The number of hydrogen-bond donors (Lipinski definition) is 1. The van der Waals surface area contributed by atoms with Gasteiger partial charge in [0.2, 0.25) is 5.71 Å². The maximum Gasteiger partial charge on any atom is 0.347 e. The summed E-state index contributed by atoms with van der Waals surface area (Å²) in [5.74, 6) is 0.826. The van der Waals surface area contributed by atoms with E-state index in [9.17, 15) is 4.79 Å². The Morgan fingerprint density at radius 2 is 2.03 bits per heavy atom. The molecule has 1 saturated heterocycles. The molecule has 1 atom stereocenters. The average molecular weight is 390 g/mol. The molecule has 0 bridgehead atoms. The molecule has 0 saturated carbocycles. The van der Waals surface area contributed by atoms with Crippen LogP contribution in [-0.4, -0.2) is 45.0 Å². The number of nitrogens with zero attached hydrogens (tertiary/aromatic N) is 5. The number of imidazole rings is 1. The highest BCUT2D eigenvalue weighted by Gasteiger charge is 2.19. The van der Waals surface area contributed by atoms with Crippen LogP contribution in [0.4, 0.5) is 5.82 Å². The third kappa shape index (κ3) is 3.15. The molecule has 0 radical (unpaired) electrons. The number of rotatable bonds is 2. The predicted octanol–water partition coefficient (Wildman–Crippen LogP) is 2.31. The van der Waals surface area contributed by atoms with Crippen molar-refractivity contribution in [3.63, 3.8) is 0 Å². The Morgan fingerprint density at radius 3 is 2.86 bits per heavy atom. The Balaban J connectivity index is 1.58. The number of aryl methyl sites for hydroxylation is 2. The molecule has 0 aliphatic carbocycles. The van der Waals surface area contributed by atoms with Crippen LogP contribution in [0.25, 0.3) is 28.0 Å². The first kappa shape index (κ1) is 17.8. The van der Waals surface area contributed by atoms with Gasteiger partial charge in [-0.25, -0.2) is 9.78 Å². The summed E-state index contributed by atoms with van der Waals surface area (Å²) in [6, 6.07) is 6.12. The van der Waals surface area contributed by atoms with Crippen molar-refractivity contribution >= 4 is 22.6 Å². The maximum absolute atomic E-state index is 12.7. The van der Waals surface area contributed by atoms with E-state index in [1.165, 1.54) is 0 Å². The second-order valence-electron chi connectivity index (χ2n) is 7.64. The summed E-state index contributed by atoms with van der Waals surface area (Å²) in [4.78, 5) is 28.5. The van der Waals surface area contributed by atoms with Crippen LogP contribution in [0.2, 0.25) is 0 Å². The van der Waals surface area contributed by atoms with Crippen molar-refractivity contribution in [1.29, 1.82) is 0 Å². The third-order valence-corrected chi connectivity index (χ3v) is 5.28. The van der Waals surface area contributed by atoms with Gasteiger partial charge in [-0.15, -0.1) is 0 Å². The van der Waals surface area contributed by atoms with Crippen molar-refractivity contribution in [2.75, 3.05) is 24.5 Å². The topological polar surface area (TPSA) is 88.6 Å². The lowest BCUT2D eigenvalue weighted by Crippen LogP contribution is -2.49. The first-order valence-electron chi connectivity index (χ1n) is 9.74. The molecule has 5 rings (SSSR count). The van der Waals surface area contributed by atoms with Crippen LogP contribution >= 0.6 is 0 Å². The molecule has 0 aromatic carbocycles. The second kappa shape index (κ2) is 6.66. The minimum absolute atomic E-state index is 0.347. The zero-order valence-corrected chi connectivity index (χ0v) is 16.6. The largest absolute Gasteiger partial charge is 0.403 e. The molecule has 4 aromatic heterocycles. The van der Waals surface area contributed by atoms with Gasteiger partial charge in [0.15, 0.2) is 5.65 Å². The zero-order valence-electron chi connectivity index (χ0n) is 16.6. The molecule has 1 unspecified atom stereocenters. The van der Waals surface area contributed by atoms with Gasteiger partial charge in [-0.1, -0.05) is 0 Å². The van der Waals surface area contributed by atoms with Crippen molar-refractivity contribution in [1.82, 2.24) is 24.7 Å². The Bertz CT molecular complexity index is 1290. The van der Waals surface area contributed by atoms with Gasteiger partial charge in [-0.3, -0.25) is 4.98 Å². The molecule has 0 spiro atoms. The second-order valence-corrected chi connectivity index (χ2v) is 7.64. The summed E-state index contributed by atoms with van der Waals surface area (Å²) in [5, 5.41) is 4.19. The van der Waals surface area contributed by atoms with E-state index in [0.717, 1.165) is 47.9 Å². The van der Waals surface area contributed by atoms with Crippen molar-refractivity contribution in [2.45, 2.75) is 26.8 Å². The molecule has 0 amide bonds. The van der Waals surface area contributed by atoms with Crippen LogP contribution in [0.15, 0.2) is 39.8 Å². The van der Waals surface area contributed by atoms with Crippen molar-refractivity contribution in [3.05, 3.63) is 52.4 Å². The van der Waals surface area contributed by atoms with Gasteiger partial charge in [0, 0.05) is 43.5 Å². The molecule has 5 heterocycles. The van der Waals surface area contributed by atoms with Crippen LogP contribution in [0.1, 0.15) is 18.3 Å². The molecule has 4 aromatic rings. The highest BCUT2D eigenvalue weighted by atomic mass is 16.4. The van der Waals surface area contributed by atoms with Crippen molar-refractivity contribution in [3.8, 4) is 11.3 Å². The first-order chi connectivity index (χ1) is 14.0. The van der Waals surface area contributed by atoms with Crippen LogP contribution in [0.3, 0.4) is 0 Å². The monoisotopic (exact) mass is 390 g/mol. The average Bonchev–Trinajstić information content (AvgIpc) is 3.11. The standard InChI is InChI=1S/C21H22N6O2/c1-12-9-26(7-6-22-12)18-5-4-15-8-16(21(28)29-20(15)25-18)17-11-27-10-13(2)23-14(3)19(27)24-17/h4-5,8,10-12,22H,6-7,9H2,1-3H3. The molecular weight excluding hydrogens is 368 g/mol. The van der Waals surface area contributed by atoms with Gasteiger partial charge in [-0.05, 0) is 39.0 Å². The Hall–Kier alpha value is -3.26. The first-order valence-corrected chi connectivity index (χ1v) is 9.74. The van der Waals surface area contributed by atoms with E-state index in [-0.39, 0.29) is 0 Å². The highest BCUT2D eigenvalue weighted by molar-refractivity contribution is 5.80. The Labute approximate surface area is 167 Å². The number of fused-ring (bicyclic) bond motifs is 2. The molecule has 148 valence electrons. The van der Waals surface area contributed by atoms with E-state index in [2.05, 4.69) is 32.1 Å². The normalized spacial score (nSPS) is 17.3. The summed E-state index contributed by atoms with van der Waals surface area (Å²) in [7, 11) is 0. The number of hydrogen-bond acceptors (Lipinski definition) is 7. The third-order valence-electron chi connectivity index (χ3n) is 5.28. The van der Waals surface area contributed by atoms with E-state index in [4.69, 9.17) is 4.42 Å². The summed E-state index contributed by atoms with van der Waals surface area (Å²) in [6.07, 6.45) is 3.73. The summed E-state index contributed by atoms with van der Waals surface area (Å²) in [6.45, 7) is 8.63. The molecule has 1 aliphatic heterocycles. The fraction of sp³-hybridized carbons (Fsp3) is 0.333. The molecule has 1 aliphatic rings. The van der Waals surface area contributed by atoms with Gasteiger partial charge in [0.1, 0.15) is 5.82 Å². The minimum atomic E-state index is -0.443. The number of anilines is 1. The van der Waals surface area contributed by atoms with E-state index in [1.807, 2.05) is 42.8 Å². The molecule has 1 fully saturated rings. The van der Waals surface area contributed by atoms with Gasteiger partial charge < -0.3 is 19.0 Å². The fourth-order valence-electron chi connectivity index (χ4n) is 3.92. The number of nitrogens with one attached hydrogen (secondary N) is 1. The molecule has 29 heavy (non-hydrogen) atoms. The van der Waals surface area contributed by atoms with E-state index in [1.54, 1.807) is 6.07 Å². The SMILES string of the molecule is Cc1cn2cc(-c3cc4ccc(N5CCNC(C)C5)nc4oc3=O)nc2c(C)n1. The van der Waals surface area contributed by atoms with Crippen molar-refractivity contribution in [2.24, 2.45) is 0 Å². The predicted molar refractivity (Wildman–Crippen MR) is 111 cm³/mol. The Morgan fingerprint density at radius 1 is 1.17 bits per heavy atom. The zero-order chi connectivity index (χ0) is 20.1. The smallest absolute Gasteiger partial charge is 0.347 e. The Kier molecular flexibility index (Phi) is 4.09. The van der Waals surface area contributed by atoms with Gasteiger partial charge in [0.05, 0.1) is 22.6 Å². The van der Waals surface area contributed by atoms with E-state index in [0.29, 0.717) is 23.0 Å². The molecule has 1 N–H and O–H groups in total. The summed E-state index contributed by atoms with van der Waals surface area (Å²) in [5.41, 5.74) is 3.33. The van der Waals surface area contributed by atoms with Gasteiger partial charge in [-0.2, -0.15) is 4.98 Å². The quantitative estimate of drug-likeness (QED) is 0.562. The van der Waals surface area contributed by atoms with Gasteiger partial charge >= 0.3 is 5.63 Å². The number of aromatic nitrogens is 4. The van der Waals surface area contributed by atoms with Crippen LogP contribution in [0, 0.1) is 13.8 Å². The number of piperazine rings is 1. The van der Waals surface area contributed by atoms with Crippen LogP contribution < -0.4 is 15.8 Å². The lowest BCUT2D eigenvalue weighted by atomic mass is 10.2. The highest BCUT2D eigenvalue weighted by Crippen LogP contribution is 2.23. The minimum Gasteiger partial charge on any atom is -0.403 e.